The summed E-state index contributed by atoms with van der Waals surface area (Å²) >= 11 is 0. The molecule has 0 bridgehead atoms. The first-order valence-corrected chi connectivity index (χ1v) is 17.1. The number of hydrogen-bond donors (Lipinski definition) is 1. The molecule has 0 spiro atoms. The van der Waals surface area contributed by atoms with Crippen molar-refractivity contribution in [1.29, 1.82) is 0 Å². The topological polar surface area (TPSA) is 124 Å². The molecule has 49 heavy (non-hydrogen) atoms. The fourth-order valence-electron chi connectivity index (χ4n) is 5.46. The highest BCUT2D eigenvalue weighted by Crippen LogP contribution is 2.38. The highest BCUT2D eigenvalue weighted by atomic mass is 32.2. The largest absolute Gasteiger partial charge is 0.497 e. The molecule has 0 heterocycles. The lowest BCUT2D eigenvalue weighted by Gasteiger charge is -2.34. The van der Waals surface area contributed by atoms with E-state index in [0.717, 1.165) is 21.0 Å². The zero-order valence-electron chi connectivity index (χ0n) is 28.6. The lowest BCUT2D eigenvalue weighted by atomic mass is 10.0. The number of nitrogens with one attached hydrogen (secondary N) is 1. The van der Waals surface area contributed by atoms with Gasteiger partial charge in [-0.05, 0) is 49.2 Å². The SMILES string of the molecule is CCNC(=O)[C@@H](Cc1ccccc1)N(Cc1cccc(C)c1)C(=O)CN(c1cc(OC)ccc1OC)S(=O)(=O)c1ccc(OC)c(OC)c1. The average Bonchev–Trinajstić information content (AvgIpc) is 3.11. The van der Waals surface area contributed by atoms with Crippen LogP contribution in [0.3, 0.4) is 0 Å². The molecule has 0 aliphatic rings. The number of benzene rings is 4. The molecule has 0 aromatic heterocycles. The van der Waals surface area contributed by atoms with Gasteiger partial charge in [0.1, 0.15) is 24.1 Å². The van der Waals surface area contributed by atoms with Gasteiger partial charge in [0.2, 0.25) is 11.8 Å². The summed E-state index contributed by atoms with van der Waals surface area (Å²) in [5, 5.41) is 2.87. The van der Waals surface area contributed by atoms with Crippen molar-refractivity contribution in [3.05, 3.63) is 108 Å². The van der Waals surface area contributed by atoms with Gasteiger partial charge < -0.3 is 29.2 Å². The second-order valence-electron chi connectivity index (χ2n) is 11.2. The van der Waals surface area contributed by atoms with Crippen LogP contribution in [0.15, 0.2) is 95.9 Å². The minimum Gasteiger partial charge on any atom is -0.497 e. The maximum atomic E-state index is 14.7. The lowest BCUT2D eigenvalue weighted by Crippen LogP contribution is -2.53. The van der Waals surface area contributed by atoms with Crippen LogP contribution in [0.4, 0.5) is 5.69 Å². The third kappa shape index (κ3) is 8.82. The molecule has 260 valence electrons. The number of carbonyl (C=O) groups excluding carboxylic acids is 2. The number of anilines is 1. The predicted molar refractivity (Wildman–Crippen MR) is 188 cm³/mol. The number of ether oxygens (including phenoxy) is 4. The maximum Gasteiger partial charge on any atom is 0.265 e. The van der Waals surface area contributed by atoms with Gasteiger partial charge in [-0.25, -0.2) is 8.42 Å². The van der Waals surface area contributed by atoms with E-state index in [0.29, 0.717) is 18.0 Å². The first kappa shape index (κ1) is 36.6. The summed E-state index contributed by atoms with van der Waals surface area (Å²) in [7, 11) is 1.23. The van der Waals surface area contributed by atoms with Crippen LogP contribution in [0.25, 0.3) is 0 Å². The molecule has 1 atom stereocenters. The van der Waals surface area contributed by atoms with Gasteiger partial charge in [-0.15, -0.1) is 0 Å². The molecule has 0 radical (unpaired) electrons. The summed E-state index contributed by atoms with van der Waals surface area (Å²) in [4.78, 5) is 29.8. The molecule has 4 aromatic rings. The van der Waals surface area contributed by atoms with E-state index >= 15 is 0 Å². The van der Waals surface area contributed by atoms with E-state index < -0.39 is 28.5 Å². The Balaban J connectivity index is 1.89. The van der Waals surface area contributed by atoms with Gasteiger partial charge in [-0.1, -0.05) is 60.2 Å². The van der Waals surface area contributed by atoms with E-state index in [1.165, 1.54) is 57.6 Å². The molecule has 0 aliphatic heterocycles. The van der Waals surface area contributed by atoms with Gasteiger partial charge in [0, 0.05) is 31.6 Å². The first-order chi connectivity index (χ1) is 23.6. The molecule has 12 heteroatoms. The van der Waals surface area contributed by atoms with Crippen LogP contribution in [0, 0.1) is 6.92 Å². The number of aryl methyl sites for hydroxylation is 1. The van der Waals surface area contributed by atoms with Gasteiger partial charge in [0.25, 0.3) is 10.0 Å². The first-order valence-electron chi connectivity index (χ1n) is 15.7. The van der Waals surface area contributed by atoms with Crippen LogP contribution in [0.1, 0.15) is 23.6 Å². The zero-order valence-corrected chi connectivity index (χ0v) is 29.5. The van der Waals surface area contributed by atoms with Crippen LogP contribution in [0.2, 0.25) is 0 Å². The molecule has 0 aliphatic carbocycles. The standard InChI is InChI=1S/C37H43N3O8S/c1-7-38-37(42)32(21-27-13-9-8-10-14-27)39(24-28-15-11-12-26(2)20-28)36(41)25-40(31-22-29(45-3)16-18-33(31)46-4)49(43,44)30-17-19-34(47-5)35(23-30)48-6/h8-20,22-23,32H,7,21,24-25H2,1-6H3,(H,38,42)/t32-/m1/s1. The third-order valence-electron chi connectivity index (χ3n) is 7.93. The van der Waals surface area contributed by atoms with E-state index in [1.54, 1.807) is 19.1 Å². The number of hydrogen-bond acceptors (Lipinski definition) is 8. The second-order valence-corrected chi connectivity index (χ2v) is 13.0. The van der Waals surface area contributed by atoms with Crippen molar-refractivity contribution in [2.45, 2.75) is 37.8 Å². The molecule has 0 unspecified atom stereocenters. The minimum atomic E-state index is -4.48. The van der Waals surface area contributed by atoms with Crippen molar-refractivity contribution in [1.82, 2.24) is 10.2 Å². The van der Waals surface area contributed by atoms with Gasteiger partial charge >= 0.3 is 0 Å². The molecule has 4 rings (SSSR count). The second kappa shape index (κ2) is 16.7. The number of nitrogens with zero attached hydrogens (tertiary/aromatic N) is 2. The average molecular weight is 690 g/mol. The Kier molecular flexibility index (Phi) is 12.5. The third-order valence-corrected chi connectivity index (χ3v) is 9.69. The molecule has 4 aromatic carbocycles. The number of amides is 2. The van der Waals surface area contributed by atoms with E-state index in [9.17, 15) is 18.0 Å². The molecular weight excluding hydrogens is 646 g/mol. The van der Waals surface area contributed by atoms with Crippen LogP contribution in [0.5, 0.6) is 23.0 Å². The molecule has 0 saturated heterocycles. The Labute approximate surface area is 288 Å². The molecular formula is C37H43N3O8S. The van der Waals surface area contributed by atoms with Crippen molar-refractivity contribution in [2.24, 2.45) is 0 Å². The number of likely N-dealkylation sites (N-methyl/N-ethyl adjacent to an activating group) is 1. The summed E-state index contributed by atoms with van der Waals surface area (Å²) in [6, 6.07) is 24.9. The van der Waals surface area contributed by atoms with E-state index in [4.69, 9.17) is 18.9 Å². The van der Waals surface area contributed by atoms with Crippen LogP contribution >= 0.6 is 0 Å². The molecule has 11 nitrogen and oxygen atoms in total. The Morgan fingerprint density at radius 2 is 1.43 bits per heavy atom. The highest BCUT2D eigenvalue weighted by molar-refractivity contribution is 7.92. The lowest BCUT2D eigenvalue weighted by molar-refractivity contribution is -0.140. The fourth-order valence-corrected chi connectivity index (χ4v) is 6.89. The molecule has 0 saturated carbocycles. The monoisotopic (exact) mass is 689 g/mol. The van der Waals surface area contributed by atoms with Crippen molar-refractivity contribution in [2.75, 3.05) is 45.8 Å². The van der Waals surface area contributed by atoms with E-state index in [-0.39, 0.29) is 41.0 Å². The smallest absolute Gasteiger partial charge is 0.265 e. The van der Waals surface area contributed by atoms with Crippen LogP contribution < -0.4 is 28.6 Å². The van der Waals surface area contributed by atoms with Crippen molar-refractivity contribution in [3.63, 3.8) is 0 Å². The quantitative estimate of drug-likeness (QED) is 0.174. The van der Waals surface area contributed by atoms with Crippen LogP contribution in [-0.2, 0) is 32.6 Å². The van der Waals surface area contributed by atoms with Gasteiger partial charge in [0.05, 0.1) is 39.0 Å². The van der Waals surface area contributed by atoms with Gasteiger partial charge in [0.15, 0.2) is 11.5 Å². The molecule has 0 fully saturated rings. The van der Waals surface area contributed by atoms with E-state index in [1.807, 2.05) is 61.5 Å². The molecule has 1 N–H and O–H groups in total. The zero-order chi connectivity index (χ0) is 35.6. The van der Waals surface area contributed by atoms with Gasteiger partial charge in [-0.2, -0.15) is 0 Å². The summed E-state index contributed by atoms with van der Waals surface area (Å²) < 4.78 is 51.9. The number of methoxy groups -OCH3 is 4. The molecule has 2 amide bonds. The normalized spacial score (nSPS) is 11.6. The summed E-state index contributed by atoms with van der Waals surface area (Å²) in [5.41, 5.74) is 2.66. The Bertz CT molecular complexity index is 1850. The van der Waals surface area contributed by atoms with Crippen molar-refractivity contribution >= 4 is 27.5 Å². The van der Waals surface area contributed by atoms with E-state index in [2.05, 4.69) is 5.32 Å². The number of rotatable bonds is 16. The van der Waals surface area contributed by atoms with Gasteiger partial charge in [-0.3, -0.25) is 13.9 Å². The Morgan fingerprint density at radius 1 is 0.755 bits per heavy atom. The van der Waals surface area contributed by atoms with Crippen LogP contribution in [-0.4, -0.2) is 72.7 Å². The van der Waals surface area contributed by atoms with Crippen molar-refractivity contribution < 1.29 is 37.0 Å². The predicted octanol–water partition coefficient (Wildman–Crippen LogP) is 5.00. The Morgan fingerprint density at radius 3 is 2.06 bits per heavy atom. The van der Waals surface area contributed by atoms with Crippen molar-refractivity contribution in [3.8, 4) is 23.0 Å². The maximum absolute atomic E-state index is 14.7. The summed E-state index contributed by atoms with van der Waals surface area (Å²) in [6.07, 6.45) is 0.204. The summed E-state index contributed by atoms with van der Waals surface area (Å²) in [6.45, 7) is 3.47. The number of sulfonamides is 1. The highest BCUT2D eigenvalue weighted by Gasteiger charge is 2.36. The Hall–Kier alpha value is -5.23. The summed E-state index contributed by atoms with van der Waals surface area (Å²) in [5.74, 6) is 0.0816. The fraction of sp³-hybridized carbons (Fsp3) is 0.297. The number of carbonyl (C=O) groups is 2. The minimum absolute atomic E-state index is 0.0502.